The quantitative estimate of drug-likeness (QED) is 0.215. The standard InChI is InChI=1S/C21H33N5O4S/c1-10-16-15(11(2)27)19(28)26(16)17(20(29)30)18(10)31-14-8-25(9-14)13-5-3-12(4-6-13)7-24-21(22)23/h10-16,27H,3-9H2,1-2H3,(H,29,30)(H4,22,23,24)/t10-,11-,12-,13-,15-,16-/m1/s1. The Morgan fingerprint density at radius 2 is 1.97 bits per heavy atom. The number of carboxylic acids is 1. The summed E-state index contributed by atoms with van der Waals surface area (Å²) in [7, 11) is 0. The van der Waals surface area contributed by atoms with Gasteiger partial charge in [0, 0.05) is 41.7 Å². The molecule has 0 spiro atoms. The Bertz CT molecular complexity index is 789. The first kappa shape index (κ1) is 22.4. The summed E-state index contributed by atoms with van der Waals surface area (Å²) in [6.45, 7) is 6.23. The average molecular weight is 452 g/mol. The van der Waals surface area contributed by atoms with Crippen molar-refractivity contribution >= 4 is 29.6 Å². The van der Waals surface area contributed by atoms with E-state index < -0.39 is 18.0 Å². The van der Waals surface area contributed by atoms with Crippen molar-refractivity contribution in [1.29, 1.82) is 5.41 Å². The van der Waals surface area contributed by atoms with Crippen molar-refractivity contribution in [2.45, 2.75) is 63.0 Å². The molecular formula is C21H33N5O4S. The summed E-state index contributed by atoms with van der Waals surface area (Å²) in [5, 5.41) is 30.3. The minimum absolute atomic E-state index is 0.0344. The lowest BCUT2D eigenvalue weighted by Crippen LogP contribution is -2.63. The molecule has 0 bridgehead atoms. The number of likely N-dealkylation sites (tertiary alicyclic amines) is 1. The van der Waals surface area contributed by atoms with Gasteiger partial charge in [0.1, 0.15) is 5.70 Å². The Hall–Kier alpha value is -1.78. The number of aliphatic hydroxyl groups excluding tert-OH is 1. The maximum atomic E-state index is 12.5. The number of β-lactam (4-membered cyclic amide) rings is 1. The molecule has 3 aliphatic heterocycles. The second kappa shape index (κ2) is 8.63. The molecule has 0 aromatic heterocycles. The molecule has 0 radical (unpaired) electrons. The molecule has 1 amide bonds. The predicted octanol–water partition coefficient (Wildman–Crippen LogP) is 0.599. The van der Waals surface area contributed by atoms with Crippen molar-refractivity contribution in [1.82, 2.24) is 15.1 Å². The highest BCUT2D eigenvalue weighted by Gasteiger charge is 2.60. The van der Waals surface area contributed by atoms with E-state index in [-0.39, 0.29) is 29.5 Å². The minimum Gasteiger partial charge on any atom is -0.477 e. The van der Waals surface area contributed by atoms with E-state index in [1.807, 2.05) is 6.92 Å². The fraction of sp³-hybridized carbons (Fsp3) is 0.762. The lowest BCUT2D eigenvalue weighted by Gasteiger charge is -2.47. The molecular weight excluding hydrogens is 418 g/mol. The van der Waals surface area contributed by atoms with Gasteiger partial charge in [-0.15, -0.1) is 11.8 Å². The van der Waals surface area contributed by atoms with Crippen LogP contribution in [0.1, 0.15) is 39.5 Å². The molecule has 4 rings (SSSR count). The molecule has 0 unspecified atom stereocenters. The van der Waals surface area contributed by atoms with Gasteiger partial charge in [-0.2, -0.15) is 0 Å². The Kier molecular flexibility index (Phi) is 6.24. The third kappa shape index (κ3) is 4.05. The first-order valence-corrected chi connectivity index (χ1v) is 12.0. The van der Waals surface area contributed by atoms with Crippen LogP contribution in [0.5, 0.6) is 0 Å². The molecule has 1 saturated carbocycles. The van der Waals surface area contributed by atoms with Crippen LogP contribution in [0.3, 0.4) is 0 Å². The zero-order valence-electron chi connectivity index (χ0n) is 18.1. The van der Waals surface area contributed by atoms with Gasteiger partial charge in [-0.25, -0.2) is 4.79 Å². The van der Waals surface area contributed by atoms with E-state index >= 15 is 0 Å². The number of thioether (sulfide) groups is 1. The van der Waals surface area contributed by atoms with E-state index in [0.29, 0.717) is 17.2 Å². The maximum absolute atomic E-state index is 12.5. The fourth-order valence-electron chi connectivity index (χ4n) is 5.67. The number of carboxylic acid groups (broad SMARTS) is 1. The number of nitrogens with one attached hydrogen (secondary N) is 2. The summed E-state index contributed by atoms with van der Waals surface area (Å²) in [4.78, 5) is 29.1. The van der Waals surface area contributed by atoms with Crippen molar-refractivity contribution in [3.05, 3.63) is 10.6 Å². The highest BCUT2D eigenvalue weighted by atomic mass is 32.2. The lowest BCUT2D eigenvalue weighted by molar-refractivity contribution is -0.163. The molecule has 9 nitrogen and oxygen atoms in total. The highest BCUT2D eigenvalue weighted by molar-refractivity contribution is 8.03. The summed E-state index contributed by atoms with van der Waals surface area (Å²) in [5.74, 6) is -1.29. The van der Waals surface area contributed by atoms with E-state index in [0.717, 1.165) is 50.2 Å². The number of guanidine groups is 1. The number of hydrogen-bond donors (Lipinski definition) is 5. The van der Waals surface area contributed by atoms with Gasteiger partial charge in [-0.05, 0) is 38.5 Å². The Balaban J connectivity index is 1.31. The van der Waals surface area contributed by atoms with E-state index in [1.54, 1.807) is 18.7 Å². The minimum atomic E-state index is -1.05. The van der Waals surface area contributed by atoms with Crippen LogP contribution >= 0.6 is 11.8 Å². The first-order chi connectivity index (χ1) is 14.7. The van der Waals surface area contributed by atoms with Crippen LogP contribution in [-0.2, 0) is 9.59 Å². The fourth-order valence-corrected chi connectivity index (χ4v) is 7.21. The van der Waals surface area contributed by atoms with Crippen LogP contribution in [0.15, 0.2) is 10.6 Å². The van der Waals surface area contributed by atoms with Gasteiger partial charge in [-0.3, -0.25) is 15.1 Å². The van der Waals surface area contributed by atoms with Crippen LogP contribution in [0, 0.1) is 23.2 Å². The Labute approximate surface area is 186 Å². The lowest BCUT2D eigenvalue weighted by atomic mass is 9.79. The monoisotopic (exact) mass is 451 g/mol. The number of carbonyl (C=O) groups is 2. The topological polar surface area (TPSA) is 143 Å². The van der Waals surface area contributed by atoms with Crippen molar-refractivity contribution in [2.75, 3.05) is 19.6 Å². The second-order valence-corrected chi connectivity index (χ2v) is 10.8. The van der Waals surface area contributed by atoms with Crippen molar-refractivity contribution in [3.63, 3.8) is 0 Å². The third-order valence-corrected chi connectivity index (χ3v) is 8.85. The first-order valence-electron chi connectivity index (χ1n) is 11.2. The third-order valence-electron chi connectivity index (χ3n) is 7.39. The van der Waals surface area contributed by atoms with E-state index in [2.05, 4.69) is 10.2 Å². The number of rotatable bonds is 7. The molecule has 0 aromatic rings. The molecule has 6 N–H and O–H groups in total. The SMILES string of the molecule is C[C@@H](O)[C@H]1C(=O)N2C(C(=O)O)=C(SC3CN([C@H]4CC[C@H](CNC(=N)N)CC4)C3)[C@H](C)[C@H]12. The van der Waals surface area contributed by atoms with Gasteiger partial charge in [0.2, 0.25) is 5.91 Å². The smallest absolute Gasteiger partial charge is 0.353 e. The van der Waals surface area contributed by atoms with Crippen LogP contribution in [0.25, 0.3) is 0 Å². The van der Waals surface area contributed by atoms with Crippen molar-refractivity contribution < 1.29 is 19.8 Å². The summed E-state index contributed by atoms with van der Waals surface area (Å²) in [6.07, 6.45) is 3.77. The zero-order valence-corrected chi connectivity index (χ0v) is 18.9. The molecule has 172 valence electrons. The number of carbonyl (C=O) groups excluding carboxylic acids is 1. The van der Waals surface area contributed by atoms with Crippen LogP contribution in [0.4, 0.5) is 0 Å². The summed E-state index contributed by atoms with van der Waals surface area (Å²) < 4.78 is 0. The number of amides is 1. The number of fused-ring (bicyclic) bond motifs is 1. The van der Waals surface area contributed by atoms with Gasteiger partial charge >= 0.3 is 5.97 Å². The van der Waals surface area contributed by atoms with Crippen LogP contribution in [0.2, 0.25) is 0 Å². The zero-order chi connectivity index (χ0) is 22.4. The predicted molar refractivity (Wildman–Crippen MR) is 118 cm³/mol. The van der Waals surface area contributed by atoms with Gasteiger partial charge < -0.3 is 26.2 Å². The number of nitrogens with two attached hydrogens (primary N) is 1. The number of nitrogens with zero attached hydrogens (tertiary/aromatic N) is 2. The summed E-state index contributed by atoms with van der Waals surface area (Å²) in [5.41, 5.74) is 5.50. The number of hydrogen-bond acceptors (Lipinski definition) is 6. The van der Waals surface area contributed by atoms with Gasteiger partial charge in [0.25, 0.3) is 0 Å². The van der Waals surface area contributed by atoms with Crippen LogP contribution < -0.4 is 11.1 Å². The summed E-state index contributed by atoms with van der Waals surface area (Å²) in [6, 6.07) is 0.330. The molecule has 4 aliphatic rings. The molecule has 0 aromatic carbocycles. The molecule has 2 saturated heterocycles. The maximum Gasteiger partial charge on any atom is 0.353 e. The molecule has 1 aliphatic carbocycles. The molecule has 31 heavy (non-hydrogen) atoms. The number of aliphatic hydroxyl groups is 1. The van der Waals surface area contributed by atoms with Gasteiger partial charge in [0.15, 0.2) is 5.96 Å². The average Bonchev–Trinajstić information content (AvgIpc) is 2.91. The van der Waals surface area contributed by atoms with E-state index in [9.17, 15) is 19.8 Å². The molecule has 4 atom stereocenters. The largest absolute Gasteiger partial charge is 0.477 e. The highest BCUT2D eigenvalue weighted by Crippen LogP contribution is 2.52. The number of aliphatic carboxylic acids is 1. The van der Waals surface area contributed by atoms with Crippen molar-refractivity contribution in [3.8, 4) is 0 Å². The Morgan fingerprint density at radius 3 is 2.52 bits per heavy atom. The molecule has 3 fully saturated rings. The molecule has 10 heteroatoms. The van der Waals surface area contributed by atoms with Gasteiger partial charge in [0.05, 0.1) is 18.1 Å². The Morgan fingerprint density at radius 1 is 1.32 bits per heavy atom. The van der Waals surface area contributed by atoms with E-state index in [1.165, 1.54) is 4.90 Å². The van der Waals surface area contributed by atoms with Crippen LogP contribution in [-0.4, -0.2) is 80.9 Å². The van der Waals surface area contributed by atoms with E-state index in [4.69, 9.17) is 11.1 Å². The molecule has 3 heterocycles. The second-order valence-electron chi connectivity index (χ2n) is 9.43. The van der Waals surface area contributed by atoms with Gasteiger partial charge in [-0.1, -0.05) is 6.92 Å². The summed E-state index contributed by atoms with van der Waals surface area (Å²) >= 11 is 1.62. The van der Waals surface area contributed by atoms with Crippen molar-refractivity contribution in [2.24, 2.45) is 23.5 Å². The normalized spacial score (nSPS) is 34.7.